The summed E-state index contributed by atoms with van der Waals surface area (Å²) in [6.45, 7) is 4.40. The maximum atomic E-state index is 11.0. The highest BCUT2D eigenvalue weighted by molar-refractivity contribution is 6.30. The summed E-state index contributed by atoms with van der Waals surface area (Å²) in [6.07, 6.45) is 3.72. The van der Waals surface area contributed by atoms with E-state index in [0.29, 0.717) is 16.5 Å². The van der Waals surface area contributed by atoms with Gasteiger partial charge in [-0.15, -0.1) is 0 Å². The number of carbonyl (C=O) groups excluding carboxylic acids is 1. The Hall–Kier alpha value is -1.29. The average molecular weight is 242 g/mol. The van der Waals surface area contributed by atoms with Crippen molar-refractivity contribution in [2.75, 3.05) is 17.2 Å². The Bertz CT molecular complexity index is 368. The summed E-state index contributed by atoms with van der Waals surface area (Å²) in [5.41, 5.74) is 0.621. The number of nitrogens with one attached hydrogen (secondary N) is 2. The Morgan fingerprint density at radius 3 is 2.94 bits per heavy atom. The van der Waals surface area contributed by atoms with Gasteiger partial charge in [0.05, 0.1) is 10.7 Å². The highest BCUT2D eigenvalue weighted by Gasteiger charge is 2.05. The smallest absolute Gasteiger partial charge is 0.221 e. The summed E-state index contributed by atoms with van der Waals surface area (Å²) in [5.74, 6) is 0.524. The van der Waals surface area contributed by atoms with Crippen LogP contribution >= 0.6 is 11.6 Å². The lowest BCUT2D eigenvalue weighted by molar-refractivity contribution is -0.114. The zero-order valence-corrected chi connectivity index (χ0v) is 10.3. The van der Waals surface area contributed by atoms with E-state index in [4.69, 9.17) is 11.6 Å². The normalized spacial score (nSPS) is 9.94. The molecule has 0 atom stereocenters. The van der Waals surface area contributed by atoms with Gasteiger partial charge in [-0.05, 0) is 12.5 Å². The monoisotopic (exact) mass is 241 g/mol. The number of hydrogen-bond donors (Lipinski definition) is 2. The lowest BCUT2D eigenvalue weighted by Crippen LogP contribution is -2.11. The minimum Gasteiger partial charge on any atom is -0.368 e. The fraction of sp³-hybridized carbons (Fsp3) is 0.455. The van der Waals surface area contributed by atoms with Crippen molar-refractivity contribution in [1.82, 2.24) is 4.98 Å². The first-order chi connectivity index (χ1) is 7.63. The molecule has 0 unspecified atom stereocenters. The van der Waals surface area contributed by atoms with Crippen LogP contribution in [0.25, 0.3) is 0 Å². The van der Waals surface area contributed by atoms with Gasteiger partial charge < -0.3 is 10.6 Å². The number of anilines is 2. The van der Waals surface area contributed by atoms with E-state index in [0.717, 1.165) is 19.4 Å². The number of carbonyl (C=O) groups is 1. The van der Waals surface area contributed by atoms with E-state index in [2.05, 4.69) is 22.5 Å². The summed E-state index contributed by atoms with van der Waals surface area (Å²) in [5, 5.41) is 6.36. The highest BCUT2D eigenvalue weighted by Crippen LogP contribution is 2.22. The van der Waals surface area contributed by atoms with Crippen LogP contribution in [-0.4, -0.2) is 17.4 Å². The molecule has 5 heteroatoms. The summed E-state index contributed by atoms with van der Waals surface area (Å²) >= 11 is 5.82. The molecule has 0 saturated heterocycles. The first kappa shape index (κ1) is 12.8. The van der Waals surface area contributed by atoms with Gasteiger partial charge in [0.2, 0.25) is 5.91 Å². The van der Waals surface area contributed by atoms with Crippen LogP contribution < -0.4 is 10.6 Å². The number of nitrogens with zero attached hydrogens (tertiary/aromatic N) is 1. The van der Waals surface area contributed by atoms with E-state index in [1.54, 1.807) is 12.3 Å². The minimum absolute atomic E-state index is 0.136. The van der Waals surface area contributed by atoms with Gasteiger partial charge >= 0.3 is 0 Å². The number of amides is 1. The van der Waals surface area contributed by atoms with Gasteiger partial charge in [0, 0.05) is 19.7 Å². The van der Waals surface area contributed by atoms with Crippen LogP contribution in [0.4, 0.5) is 11.5 Å². The van der Waals surface area contributed by atoms with Gasteiger partial charge in [0.15, 0.2) is 0 Å². The van der Waals surface area contributed by atoms with Gasteiger partial charge in [-0.2, -0.15) is 0 Å². The molecule has 0 fully saturated rings. The lowest BCUT2D eigenvalue weighted by Gasteiger charge is -2.11. The number of rotatable bonds is 5. The number of hydrogen-bond acceptors (Lipinski definition) is 3. The number of halogens is 1. The summed E-state index contributed by atoms with van der Waals surface area (Å²) in [7, 11) is 0. The molecular formula is C11H16ClN3O. The number of aromatic nitrogens is 1. The molecule has 0 aromatic carbocycles. The van der Waals surface area contributed by atoms with Crippen molar-refractivity contribution < 1.29 is 4.79 Å². The zero-order valence-electron chi connectivity index (χ0n) is 9.51. The van der Waals surface area contributed by atoms with Gasteiger partial charge in [-0.3, -0.25) is 4.79 Å². The standard InChI is InChI=1S/C11H16ClN3O/c1-3-4-5-13-11-10(15-8(2)16)6-9(12)7-14-11/h6-7H,3-5H2,1-2H3,(H,13,14)(H,15,16). The predicted octanol–water partition coefficient (Wildman–Crippen LogP) is 2.91. The average Bonchev–Trinajstić information content (AvgIpc) is 2.20. The second-order valence-corrected chi connectivity index (χ2v) is 3.95. The van der Waals surface area contributed by atoms with Gasteiger partial charge in [0.1, 0.15) is 5.82 Å². The number of unbranched alkanes of at least 4 members (excludes halogenated alkanes) is 1. The summed E-state index contributed by atoms with van der Waals surface area (Å²) < 4.78 is 0. The Balaban J connectivity index is 2.76. The molecule has 1 aromatic heterocycles. The van der Waals surface area contributed by atoms with Crippen LogP contribution in [0.1, 0.15) is 26.7 Å². The maximum absolute atomic E-state index is 11.0. The zero-order chi connectivity index (χ0) is 12.0. The van der Waals surface area contributed by atoms with E-state index in [1.165, 1.54) is 6.92 Å². The molecule has 1 aromatic rings. The van der Waals surface area contributed by atoms with Crippen LogP contribution in [0.2, 0.25) is 5.02 Å². The molecule has 0 aliphatic heterocycles. The first-order valence-corrected chi connectivity index (χ1v) is 5.68. The third kappa shape index (κ3) is 4.06. The largest absolute Gasteiger partial charge is 0.368 e. The van der Waals surface area contributed by atoms with Crippen molar-refractivity contribution in [3.05, 3.63) is 17.3 Å². The van der Waals surface area contributed by atoms with Gasteiger partial charge in [0.25, 0.3) is 0 Å². The molecule has 0 saturated carbocycles. The topological polar surface area (TPSA) is 54.0 Å². The predicted molar refractivity (Wildman–Crippen MR) is 66.9 cm³/mol. The summed E-state index contributed by atoms with van der Waals surface area (Å²) in [4.78, 5) is 15.1. The molecule has 16 heavy (non-hydrogen) atoms. The Morgan fingerprint density at radius 2 is 2.31 bits per heavy atom. The van der Waals surface area contributed by atoms with Crippen LogP contribution in [0.15, 0.2) is 12.3 Å². The van der Waals surface area contributed by atoms with Crippen LogP contribution in [0, 0.1) is 0 Å². The summed E-state index contributed by atoms with van der Waals surface area (Å²) in [6, 6.07) is 1.68. The van der Waals surface area contributed by atoms with Crippen LogP contribution in [0.5, 0.6) is 0 Å². The van der Waals surface area contributed by atoms with Crippen molar-refractivity contribution in [3.63, 3.8) is 0 Å². The first-order valence-electron chi connectivity index (χ1n) is 5.30. The fourth-order valence-electron chi connectivity index (χ4n) is 1.25. The molecule has 0 spiro atoms. The molecule has 0 radical (unpaired) electrons. The minimum atomic E-state index is -0.136. The van der Waals surface area contributed by atoms with Crippen LogP contribution in [-0.2, 0) is 4.79 Å². The molecule has 1 amide bonds. The third-order valence-corrected chi connectivity index (χ3v) is 2.19. The van der Waals surface area contributed by atoms with Crippen LogP contribution in [0.3, 0.4) is 0 Å². The Kier molecular flexibility index (Phi) is 5.05. The third-order valence-electron chi connectivity index (χ3n) is 1.99. The lowest BCUT2D eigenvalue weighted by atomic mass is 10.3. The maximum Gasteiger partial charge on any atom is 0.221 e. The van der Waals surface area contributed by atoms with Gasteiger partial charge in [-0.1, -0.05) is 24.9 Å². The SMILES string of the molecule is CCCCNc1ncc(Cl)cc1NC(C)=O. The van der Waals surface area contributed by atoms with E-state index in [-0.39, 0.29) is 5.91 Å². The molecule has 0 aliphatic rings. The Morgan fingerprint density at radius 1 is 1.56 bits per heavy atom. The van der Waals surface area contributed by atoms with E-state index < -0.39 is 0 Å². The van der Waals surface area contributed by atoms with Crippen molar-refractivity contribution in [2.45, 2.75) is 26.7 Å². The quantitative estimate of drug-likeness (QED) is 0.780. The van der Waals surface area contributed by atoms with E-state index in [9.17, 15) is 4.79 Å². The molecular weight excluding hydrogens is 226 g/mol. The van der Waals surface area contributed by atoms with E-state index >= 15 is 0 Å². The second-order valence-electron chi connectivity index (χ2n) is 3.51. The Labute approximate surface area is 100 Å². The molecule has 0 bridgehead atoms. The molecule has 1 rings (SSSR count). The molecule has 88 valence electrons. The second kappa shape index (κ2) is 6.33. The van der Waals surface area contributed by atoms with Crippen molar-refractivity contribution in [1.29, 1.82) is 0 Å². The fourth-order valence-corrected chi connectivity index (χ4v) is 1.41. The molecule has 2 N–H and O–H groups in total. The number of pyridine rings is 1. The van der Waals surface area contributed by atoms with Gasteiger partial charge in [-0.25, -0.2) is 4.98 Å². The highest BCUT2D eigenvalue weighted by atomic mass is 35.5. The molecule has 0 aliphatic carbocycles. The molecule has 4 nitrogen and oxygen atoms in total. The van der Waals surface area contributed by atoms with Crippen molar-refractivity contribution in [2.24, 2.45) is 0 Å². The molecule has 1 heterocycles. The van der Waals surface area contributed by atoms with Crippen molar-refractivity contribution >= 4 is 29.0 Å². The van der Waals surface area contributed by atoms with Crippen molar-refractivity contribution in [3.8, 4) is 0 Å². The van der Waals surface area contributed by atoms with E-state index in [1.807, 2.05) is 0 Å².